The van der Waals surface area contributed by atoms with Crippen LogP contribution in [0.3, 0.4) is 0 Å². The molecule has 0 aliphatic heterocycles. The van der Waals surface area contributed by atoms with Gasteiger partial charge in [0.1, 0.15) is 0 Å². The lowest BCUT2D eigenvalue weighted by atomic mass is 9.95. The second-order valence-corrected chi connectivity index (χ2v) is 5.52. The molecule has 94 valence electrons. The monoisotopic (exact) mass is 278 g/mol. The van der Waals surface area contributed by atoms with E-state index in [1.807, 2.05) is 25.1 Å². The fourth-order valence-electron chi connectivity index (χ4n) is 2.10. The second kappa shape index (κ2) is 5.34. The molecular weight excluding hydrogens is 263 g/mol. The first-order valence-corrected chi connectivity index (χ1v) is 6.78. The van der Waals surface area contributed by atoms with Crippen LogP contribution in [0.25, 0.3) is 0 Å². The number of hydrogen-bond acceptors (Lipinski definition) is 0. The van der Waals surface area contributed by atoms with Crippen LogP contribution < -0.4 is 0 Å². The molecule has 0 aromatic heterocycles. The SMILES string of the molecule is Cc1ccc(C)c(C(Cl)c2cccc(Cl)c2C)c1. The number of rotatable bonds is 2. The van der Waals surface area contributed by atoms with Crippen molar-refractivity contribution in [3.05, 3.63) is 69.2 Å². The van der Waals surface area contributed by atoms with Crippen molar-refractivity contribution in [2.45, 2.75) is 26.1 Å². The van der Waals surface area contributed by atoms with Gasteiger partial charge >= 0.3 is 0 Å². The summed E-state index contributed by atoms with van der Waals surface area (Å²) < 4.78 is 0. The lowest BCUT2D eigenvalue weighted by Gasteiger charge is -2.17. The standard InChI is InChI=1S/C16H16Cl2/c1-10-7-8-11(2)14(9-10)16(18)13-5-4-6-15(17)12(13)3/h4-9,16H,1-3H3. The third-order valence-electron chi connectivity index (χ3n) is 3.29. The van der Waals surface area contributed by atoms with Crippen LogP contribution in [-0.2, 0) is 0 Å². The molecule has 0 N–H and O–H groups in total. The van der Waals surface area contributed by atoms with Gasteiger partial charge in [-0.1, -0.05) is 47.5 Å². The van der Waals surface area contributed by atoms with Gasteiger partial charge in [-0.15, -0.1) is 11.6 Å². The number of hydrogen-bond donors (Lipinski definition) is 0. The van der Waals surface area contributed by atoms with Gasteiger partial charge in [0, 0.05) is 5.02 Å². The first kappa shape index (κ1) is 13.5. The Hall–Kier alpha value is -0.980. The highest BCUT2D eigenvalue weighted by molar-refractivity contribution is 6.31. The van der Waals surface area contributed by atoms with Gasteiger partial charge in [-0.2, -0.15) is 0 Å². The molecule has 0 saturated heterocycles. The molecule has 0 radical (unpaired) electrons. The Morgan fingerprint density at radius 3 is 2.39 bits per heavy atom. The van der Waals surface area contributed by atoms with E-state index in [4.69, 9.17) is 23.2 Å². The molecule has 0 heterocycles. The van der Waals surface area contributed by atoms with Crippen molar-refractivity contribution in [3.8, 4) is 0 Å². The van der Waals surface area contributed by atoms with E-state index in [9.17, 15) is 0 Å². The Morgan fingerprint density at radius 2 is 1.67 bits per heavy atom. The molecule has 2 heteroatoms. The normalized spacial score (nSPS) is 12.5. The predicted molar refractivity (Wildman–Crippen MR) is 79.8 cm³/mol. The quantitative estimate of drug-likeness (QED) is 0.628. The molecule has 18 heavy (non-hydrogen) atoms. The molecule has 2 rings (SSSR count). The largest absolute Gasteiger partial charge is 0.113 e. The Balaban J connectivity index is 2.51. The van der Waals surface area contributed by atoms with Crippen LogP contribution in [0.15, 0.2) is 36.4 Å². The van der Waals surface area contributed by atoms with E-state index in [1.165, 1.54) is 11.1 Å². The summed E-state index contributed by atoms with van der Waals surface area (Å²) in [7, 11) is 0. The summed E-state index contributed by atoms with van der Waals surface area (Å²) in [6.45, 7) is 6.18. The molecule has 0 aliphatic carbocycles. The Labute approximate surface area is 119 Å². The predicted octanol–water partition coefficient (Wildman–Crippen LogP) is 5.59. The highest BCUT2D eigenvalue weighted by Gasteiger charge is 2.16. The van der Waals surface area contributed by atoms with Gasteiger partial charge in [-0.3, -0.25) is 0 Å². The zero-order valence-electron chi connectivity index (χ0n) is 10.8. The highest BCUT2D eigenvalue weighted by atomic mass is 35.5. The molecule has 0 nitrogen and oxygen atoms in total. The molecule has 2 aromatic carbocycles. The molecule has 0 aliphatic rings. The first-order chi connectivity index (χ1) is 8.50. The minimum absolute atomic E-state index is 0.149. The Morgan fingerprint density at radius 1 is 0.944 bits per heavy atom. The minimum atomic E-state index is -0.149. The molecule has 0 saturated carbocycles. The molecule has 2 aromatic rings. The van der Waals surface area contributed by atoms with Crippen molar-refractivity contribution in [3.63, 3.8) is 0 Å². The fraction of sp³-hybridized carbons (Fsp3) is 0.250. The van der Waals surface area contributed by atoms with Crippen LogP contribution in [0.2, 0.25) is 5.02 Å². The van der Waals surface area contributed by atoms with Crippen molar-refractivity contribution in [1.29, 1.82) is 0 Å². The van der Waals surface area contributed by atoms with Crippen LogP contribution in [0.1, 0.15) is 33.2 Å². The second-order valence-electron chi connectivity index (χ2n) is 4.68. The van der Waals surface area contributed by atoms with Gasteiger partial charge in [0.2, 0.25) is 0 Å². The van der Waals surface area contributed by atoms with Crippen LogP contribution in [-0.4, -0.2) is 0 Å². The zero-order chi connectivity index (χ0) is 13.3. The van der Waals surface area contributed by atoms with E-state index in [0.29, 0.717) is 0 Å². The van der Waals surface area contributed by atoms with Gasteiger partial charge in [0.25, 0.3) is 0 Å². The number of aryl methyl sites for hydroxylation is 2. The topological polar surface area (TPSA) is 0 Å². The molecule has 1 unspecified atom stereocenters. The molecule has 1 atom stereocenters. The van der Waals surface area contributed by atoms with Gasteiger partial charge < -0.3 is 0 Å². The van der Waals surface area contributed by atoms with Crippen LogP contribution in [0.5, 0.6) is 0 Å². The summed E-state index contributed by atoms with van der Waals surface area (Å²) in [5, 5.41) is 0.618. The minimum Gasteiger partial charge on any atom is -0.113 e. The van der Waals surface area contributed by atoms with Crippen molar-refractivity contribution in [2.75, 3.05) is 0 Å². The van der Waals surface area contributed by atoms with Crippen molar-refractivity contribution in [2.24, 2.45) is 0 Å². The molecular formula is C16H16Cl2. The third-order valence-corrected chi connectivity index (χ3v) is 4.17. The summed E-state index contributed by atoms with van der Waals surface area (Å²) in [5.41, 5.74) is 5.72. The van der Waals surface area contributed by atoms with Gasteiger partial charge in [-0.25, -0.2) is 0 Å². The zero-order valence-corrected chi connectivity index (χ0v) is 12.3. The first-order valence-electron chi connectivity index (χ1n) is 5.97. The van der Waals surface area contributed by atoms with E-state index >= 15 is 0 Å². The van der Waals surface area contributed by atoms with Crippen molar-refractivity contribution < 1.29 is 0 Å². The Bertz CT molecular complexity index is 571. The Kier molecular flexibility index (Phi) is 3.99. The fourth-order valence-corrected chi connectivity index (χ4v) is 2.75. The maximum Gasteiger partial charge on any atom is 0.0841 e. The summed E-state index contributed by atoms with van der Waals surface area (Å²) in [6.07, 6.45) is 0. The van der Waals surface area contributed by atoms with E-state index in [0.717, 1.165) is 21.7 Å². The van der Waals surface area contributed by atoms with Crippen LogP contribution >= 0.6 is 23.2 Å². The number of benzene rings is 2. The lowest BCUT2D eigenvalue weighted by Crippen LogP contribution is -1.99. The van der Waals surface area contributed by atoms with E-state index < -0.39 is 0 Å². The summed E-state index contributed by atoms with van der Waals surface area (Å²) in [5.74, 6) is 0. The summed E-state index contributed by atoms with van der Waals surface area (Å²) in [4.78, 5) is 0. The number of halogens is 2. The van der Waals surface area contributed by atoms with Gasteiger partial charge in [0.05, 0.1) is 5.38 Å². The molecule has 0 amide bonds. The lowest BCUT2D eigenvalue weighted by molar-refractivity contribution is 1.08. The molecule has 0 fully saturated rings. The highest BCUT2D eigenvalue weighted by Crippen LogP contribution is 2.35. The number of alkyl halides is 1. The van der Waals surface area contributed by atoms with E-state index in [2.05, 4.69) is 32.0 Å². The molecule has 0 spiro atoms. The average molecular weight is 279 g/mol. The van der Waals surface area contributed by atoms with Crippen molar-refractivity contribution >= 4 is 23.2 Å². The van der Waals surface area contributed by atoms with Crippen LogP contribution in [0, 0.1) is 20.8 Å². The smallest absolute Gasteiger partial charge is 0.0841 e. The van der Waals surface area contributed by atoms with Gasteiger partial charge in [0.15, 0.2) is 0 Å². The molecule has 0 bridgehead atoms. The van der Waals surface area contributed by atoms with E-state index in [1.54, 1.807) is 0 Å². The van der Waals surface area contributed by atoms with Gasteiger partial charge in [-0.05, 0) is 49.1 Å². The summed E-state index contributed by atoms with van der Waals surface area (Å²) >= 11 is 12.8. The van der Waals surface area contributed by atoms with Crippen molar-refractivity contribution in [1.82, 2.24) is 0 Å². The van der Waals surface area contributed by atoms with Crippen LogP contribution in [0.4, 0.5) is 0 Å². The summed E-state index contributed by atoms with van der Waals surface area (Å²) in [6, 6.07) is 12.2. The maximum absolute atomic E-state index is 6.63. The average Bonchev–Trinajstić information content (AvgIpc) is 2.35. The third kappa shape index (κ3) is 2.55. The maximum atomic E-state index is 6.63. The van der Waals surface area contributed by atoms with E-state index in [-0.39, 0.29) is 5.38 Å².